The quantitative estimate of drug-likeness (QED) is 0.371. The van der Waals surface area contributed by atoms with Crippen LogP contribution in [0.15, 0.2) is 24.3 Å². The number of hydrogen-bond donors (Lipinski definition) is 0. The molecule has 4 rings (SSSR count). The average molecular weight is 146 g/mol. The first kappa shape index (κ1) is 5.15. The van der Waals surface area contributed by atoms with Gasteiger partial charge in [0.05, 0.1) is 12.2 Å². The van der Waals surface area contributed by atoms with Crippen molar-refractivity contribution < 1.29 is 4.74 Å². The van der Waals surface area contributed by atoms with Gasteiger partial charge >= 0.3 is 0 Å². The molecule has 2 unspecified atom stereocenters. The Morgan fingerprint density at radius 1 is 0.818 bits per heavy atom. The second-order valence-corrected chi connectivity index (χ2v) is 4.14. The highest BCUT2D eigenvalue weighted by atomic mass is 16.6. The minimum atomic E-state index is 0.608. The number of rotatable bonds is 0. The first-order valence-electron chi connectivity index (χ1n) is 4.47. The van der Waals surface area contributed by atoms with E-state index in [9.17, 15) is 0 Å². The molecule has 11 heavy (non-hydrogen) atoms. The minimum absolute atomic E-state index is 0.608. The van der Waals surface area contributed by atoms with E-state index in [-0.39, 0.29) is 0 Å². The molecule has 2 fully saturated rings. The molecule has 0 radical (unpaired) electrons. The molecule has 6 atom stereocenters. The van der Waals surface area contributed by atoms with Gasteiger partial charge in [0.25, 0.3) is 0 Å². The Morgan fingerprint density at radius 3 is 2.09 bits per heavy atom. The Labute approximate surface area is 65.7 Å². The van der Waals surface area contributed by atoms with Crippen molar-refractivity contribution in [3.05, 3.63) is 24.3 Å². The Morgan fingerprint density at radius 2 is 1.45 bits per heavy atom. The van der Waals surface area contributed by atoms with Gasteiger partial charge in [0.15, 0.2) is 0 Å². The topological polar surface area (TPSA) is 12.5 Å². The van der Waals surface area contributed by atoms with Crippen molar-refractivity contribution in [2.24, 2.45) is 23.7 Å². The van der Waals surface area contributed by atoms with Crippen LogP contribution in [0.1, 0.15) is 0 Å². The van der Waals surface area contributed by atoms with Crippen molar-refractivity contribution in [2.45, 2.75) is 12.2 Å². The fourth-order valence-corrected chi connectivity index (χ4v) is 3.27. The number of allylic oxidation sites excluding steroid dienone is 2. The zero-order valence-corrected chi connectivity index (χ0v) is 6.18. The first-order valence-corrected chi connectivity index (χ1v) is 4.47. The second kappa shape index (κ2) is 1.34. The summed E-state index contributed by atoms with van der Waals surface area (Å²) in [6, 6.07) is 0. The van der Waals surface area contributed by atoms with Crippen LogP contribution < -0.4 is 0 Å². The molecule has 0 bridgehead atoms. The summed E-state index contributed by atoms with van der Waals surface area (Å²) in [5, 5.41) is 0. The lowest BCUT2D eigenvalue weighted by molar-refractivity contribution is 0.197. The van der Waals surface area contributed by atoms with Crippen LogP contribution in [0, 0.1) is 23.7 Å². The largest absolute Gasteiger partial charge is 0.368 e. The zero-order chi connectivity index (χ0) is 7.00. The summed E-state index contributed by atoms with van der Waals surface area (Å²) in [5.74, 6) is 3.20. The van der Waals surface area contributed by atoms with E-state index in [1.165, 1.54) is 0 Å². The third-order valence-electron chi connectivity index (χ3n) is 3.76. The maximum Gasteiger partial charge on any atom is 0.0913 e. The van der Waals surface area contributed by atoms with Crippen molar-refractivity contribution in [1.82, 2.24) is 0 Å². The first-order chi connectivity index (χ1) is 5.45. The monoisotopic (exact) mass is 146 g/mol. The normalized spacial score (nSPS) is 66.9. The molecule has 0 amide bonds. The van der Waals surface area contributed by atoms with Gasteiger partial charge in [-0.2, -0.15) is 0 Å². The standard InChI is InChI=1S/C10H10O/c1-3-6-8-5(1)2-4-7(8)10-9(6)11-10/h1-10H/t5?,6-,7+,8?,9-,10+. The predicted molar refractivity (Wildman–Crippen MR) is 40.9 cm³/mol. The smallest absolute Gasteiger partial charge is 0.0913 e. The number of hydrogen-bond acceptors (Lipinski definition) is 1. The second-order valence-electron chi connectivity index (χ2n) is 4.14. The van der Waals surface area contributed by atoms with Crippen molar-refractivity contribution in [3.63, 3.8) is 0 Å². The molecule has 3 aliphatic carbocycles. The lowest BCUT2D eigenvalue weighted by atomic mass is 9.89. The Kier molecular flexibility index (Phi) is 0.625. The Bertz CT molecular complexity index is 253. The molecule has 0 aromatic rings. The fraction of sp³-hybridized carbons (Fsp3) is 0.600. The van der Waals surface area contributed by atoms with Gasteiger partial charge in [-0.1, -0.05) is 24.3 Å². The molecule has 0 N–H and O–H groups in total. The van der Waals surface area contributed by atoms with Gasteiger partial charge in [-0.15, -0.1) is 0 Å². The highest BCUT2D eigenvalue weighted by molar-refractivity contribution is 5.31. The zero-order valence-electron chi connectivity index (χ0n) is 6.18. The Balaban J connectivity index is 1.92. The third-order valence-corrected chi connectivity index (χ3v) is 3.76. The third kappa shape index (κ3) is 0.416. The number of fused-ring (bicyclic) bond motifs is 3. The lowest BCUT2D eigenvalue weighted by Crippen LogP contribution is -2.16. The summed E-state index contributed by atoms with van der Waals surface area (Å²) in [7, 11) is 0. The van der Waals surface area contributed by atoms with Crippen LogP contribution in [-0.2, 0) is 4.74 Å². The molecule has 0 spiro atoms. The van der Waals surface area contributed by atoms with E-state index in [1.54, 1.807) is 0 Å². The predicted octanol–water partition coefficient (Wildman–Crippen LogP) is 1.37. The van der Waals surface area contributed by atoms with E-state index in [1.807, 2.05) is 0 Å². The SMILES string of the molecule is C1=C[C@@H]2C3C1C=C[C@@H]3[C@@H]1O[C@@H]12. The van der Waals surface area contributed by atoms with Crippen molar-refractivity contribution in [1.29, 1.82) is 0 Å². The van der Waals surface area contributed by atoms with Crippen molar-refractivity contribution in [3.8, 4) is 0 Å². The van der Waals surface area contributed by atoms with Gasteiger partial charge < -0.3 is 4.74 Å². The molecule has 1 aliphatic heterocycles. The molecule has 56 valence electrons. The maximum atomic E-state index is 5.59. The summed E-state index contributed by atoms with van der Waals surface area (Å²) < 4.78 is 5.59. The summed E-state index contributed by atoms with van der Waals surface area (Å²) in [6.07, 6.45) is 10.7. The molecule has 1 saturated heterocycles. The van der Waals surface area contributed by atoms with E-state index >= 15 is 0 Å². The molecule has 1 heteroatoms. The fourth-order valence-electron chi connectivity index (χ4n) is 3.27. The van der Waals surface area contributed by atoms with Gasteiger partial charge in [0.2, 0.25) is 0 Å². The molecular formula is C10H10O. The van der Waals surface area contributed by atoms with Gasteiger partial charge in [0.1, 0.15) is 0 Å². The average Bonchev–Trinajstić information content (AvgIpc) is 2.49. The highest BCUT2D eigenvalue weighted by Gasteiger charge is 2.63. The van der Waals surface area contributed by atoms with Crippen LogP contribution in [0.2, 0.25) is 0 Å². The minimum Gasteiger partial charge on any atom is -0.368 e. The van der Waals surface area contributed by atoms with Crippen LogP contribution in [-0.4, -0.2) is 12.2 Å². The maximum absolute atomic E-state index is 5.59. The van der Waals surface area contributed by atoms with Crippen LogP contribution >= 0.6 is 0 Å². The number of epoxide rings is 1. The van der Waals surface area contributed by atoms with Gasteiger partial charge in [-0.05, 0) is 11.8 Å². The van der Waals surface area contributed by atoms with Crippen molar-refractivity contribution in [2.75, 3.05) is 0 Å². The molecule has 0 aromatic heterocycles. The molecule has 1 saturated carbocycles. The van der Waals surface area contributed by atoms with Gasteiger partial charge in [-0.25, -0.2) is 0 Å². The molecular weight excluding hydrogens is 136 g/mol. The molecule has 1 heterocycles. The highest BCUT2D eigenvalue weighted by Crippen LogP contribution is 2.60. The van der Waals surface area contributed by atoms with E-state index < -0.39 is 0 Å². The molecule has 4 aliphatic rings. The van der Waals surface area contributed by atoms with Gasteiger partial charge in [-0.3, -0.25) is 0 Å². The summed E-state index contributed by atoms with van der Waals surface area (Å²) in [6.45, 7) is 0. The van der Waals surface area contributed by atoms with Crippen LogP contribution in [0.5, 0.6) is 0 Å². The summed E-state index contributed by atoms with van der Waals surface area (Å²) in [5.41, 5.74) is 0. The number of ether oxygens (including phenoxy) is 1. The summed E-state index contributed by atoms with van der Waals surface area (Å²) >= 11 is 0. The lowest BCUT2D eigenvalue weighted by Gasteiger charge is -2.17. The molecule has 1 nitrogen and oxygen atoms in total. The van der Waals surface area contributed by atoms with E-state index in [4.69, 9.17) is 4.74 Å². The Hall–Kier alpha value is -0.560. The van der Waals surface area contributed by atoms with Gasteiger partial charge in [0, 0.05) is 11.8 Å². The van der Waals surface area contributed by atoms with Crippen molar-refractivity contribution >= 4 is 0 Å². The van der Waals surface area contributed by atoms with E-state index in [2.05, 4.69) is 24.3 Å². The molecule has 0 aromatic carbocycles. The van der Waals surface area contributed by atoms with E-state index in [0.29, 0.717) is 12.2 Å². The summed E-state index contributed by atoms with van der Waals surface area (Å²) in [4.78, 5) is 0. The van der Waals surface area contributed by atoms with Crippen LogP contribution in [0.4, 0.5) is 0 Å². The van der Waals surface area contributed by atoms with Crippen LogP contribution in [0.3, 0.4) is 0 Å². The van der Waals surface area contributed by atoms with Crippen LogP contribution in [0.25, 0.3) is 0 Å². The van der Waals surface area contributed by atoms with E-state index in [0.717, 1.165) is 23.7 Å².